The topological polar surface area (TPSA) is 59.4 Å². The van der Waals surface area contributed by atoms with Crippen molar-refractivity contribution in [1.82, 2.24) is 20.0 Å². The Morgan fingerprint density at radius 2 is 2.48 bits per heavy atom. The Bertz CT molecular complexity index is 602. The summed E-state index contributed by atoms with van der Waals surface area (Å²) in [6.07, 6.45) is 5.53. The van der Waals surface area contributed by atoms with Crippen molar-refractivity contribution in [3.8, 4) is 0 Å². The molecule has 112 valence electrons. The van der Waals surface area contributed by atoms with Gasteiger partial charge in [0.05, 0.1) is 29.0 Å². The molecule has 0 spiro atoms. The number of thiocarbonyl (C=S) groups is 1. The summed E-state index contributed by atoms with van der Waals surface area (Å²) in [7, 11) is 1.82. The Morgan fingerprint density at radius 1 is 1.67 bits per heavy atom. The fraction of sp³-hybridized carbons (Fsp3) is 0.462. The smallest absolute Gasteiger partial charge is 0.276 e. The molecule has 21 heavy (non-hydrogen) atoms. The van der Waals surface area contributed by atoms with Crippen molar-refractivity contribution < 1.29 is 9.53 Å². The van der Waals surface area contributed by atoms with Crippen LogP contribution in [-0.2, 0) is 16.6 Å². The van der Waals surface area contributed by atoms with Crippen molar-refractivity contribution in [3.63, 3.8) is 0 Å². The maximum Gasteiger partial charge on any atom is 0.276 e. The number of carbonyl (C=O) groups excluding carboxylic acids is 1. The van der Waals surface area contributed by atoms with E-state index in [1.54, 1.807) is 21.9 Å². The van der Waals surface area contributed by atoms with Gasteiger partial charge >= 0.3 is 0 Å². The molecule has 0 saturated carbocycles. The molecule has 2 aliphatic heterocycles. The second-order valence-corrected chi connectivity index (χ2v) is 6.28. The summed E-state index contributed by atoms with van der Waals surface area (Å²) in [6.45, 7) is 1.27. The zero-order chi connectivity index (χ0) is 15.0. The van der Waals surface area contributed by atoms with Crippen LogP contribution in [0.15, 0.2) is 16.4 Å². The fourth-order valence-electron chi connectivity index (χ4n) is 2.45. The van der Waals surface area contributed by atoms with Gasteiger partial charge in [0, 0.05) is 13.7 Å². The number of carbonyl (C=O) groups is 1. The third-order valence-corrected chi connectivity index (χ3v) is 4.52. The lowest BCUT2D eigenvalue weighted by atomic mass is 10.2. The summed E-state index contributed by atoms with van der Waals surface area (Å²) in [5.74, 6) is -0.122. The molecule has 3 rings (SSSR count). The summed E-state index contributed by atoms with van der Waals surface area (Å²) in [5.41, 5.74) is 1.27. The van der Waals surface area contributed by atoms with Crippen LogP contribution in [0.25, 0.3) is 6.08 Å². The van der Waals surface area contributed by atoms with Gasteiger partial charge in [-0.2, -0.15) is 5.10 Å². The van der Waals surface area contributed by atoms with Crippen molar-refractivity contribution in [2.75, 3.05) is 13.2 Å². The van der Waals surface area contributed by atoms with Gasteiger partial charge in [-0.25, -0.2) is 0 Å². The van der Waals surface area contributed by atoms with Crippen molar-refractivity contribution in [2.45, 2.75) is 18.9 Å². The van der Waals surface area contributed by atoms with Crippen LogP contribution in [0.1, 0.15) is 18.5 Å². The summed E-state index contributed by atoms with van der Waals surface area (Å²) in [4.78, 5) is 14.0. The van der Waals surface area contributed by atoms with E-state index in [-0.39, 0.29) is 12.0 Å². The van der Waals surface area contributed by atoms with Crippen LogP contribution in [0.4, 0.5) is 0 Å². The highest BCUT2D eigenvalue weighted by Crippen LogP contribution is 2.22. The first-order valence-corrected chi connectivity index (χ1v) is 7.90. The number of aromatic nitrogens is 2. The lowest BCUT2D eigenvalue weighted by Crippen LogP contribution is -2.37. The van der Waals surface area contributed by atoms with Crippen molar-refractivity contribution >= 4 is 45.2 Å². The minimum absolute atomic E-state index is 0.0801. The van der Waals surface area contributed by atoms with Gasteiger partial charge in [0.25, 0.3) is 5.91 Å². The van der Waals surface area contributed by atoms with Crippen molar-refractivity contribution in [2.24, 2.45) is 7.05 Å². The first-order chi connectivity index (χ1) is 10.1. The number of nitrogens with zero attached hydrogens (tertiary/aromatic N) is 3. The zero-order valence-electron chi connectivity index (χ0n) is 11.5. The van der Waals surface area contributed by atoms with E-state index >= 15 is 0 Å². The minimum Gasteiger partial charge on any atom is -0.376 e. The number of hydrogen-bond donors (Lipinski definition) is 1. The Kier molecular flexibility index (Phi) is 4.10. The zero-order valence-corrected chi connectivity index (χ0v) is 13.9. The Morgan fingerprint density at radius 3 is 3.10 bits per heavy atom. The number of hydrogen-bond acceptors (Lipinski definition) is 4. The lowest BCUT2D eigenvalue weighted by Gasteiger charge is -2.18. The van der Waals surface area contributed by atoms with E-state index in [1.165, 1.54) is 0 Å². The number of halogens is 1. The monoisotopic (exact) mass is 370 g/mol. The maximum absolute atomic E-state index is 12.5. The highest BCUT2D eigenvalue weighted by Gasteiger charge is 2.33. The molecule has 1 amide bonds. The van der Waals surface area contributed by atoms with Crippen LogP contribution in [-0.4, -0.2) is 45.0 Å². The average Bonchev–Trinajstić information content (AvgIpc) is 3.13. The number of aryl methyl sites for hydroxylation is 1. The molecule has 8 heteroatoms. The predicted octanol–water partition coefficient (Wildman–Crippen LogP) is 1.42. The Hall–Kier alpha value is -1.25. The summed E-state index contributed by atoms with van der Waals surface area (Å²) in [5, 5.41) is 7.53. The van der Waals surface area contributed by atoms with Crippen LogP contribution in [0.3, 0.4) is 0 Å². The van der Waals surface area contributed by atoms with Crippen molar-refractivity contribution in [3.05, 3.63) is 22.1 Å². The summed E-state index contributed by atoms with van der Waals surface area (Å²) < 4.78 is 8.09. The first-order valence-electron chi connectivity index (χ1n) is 6.70. The number of rotatable bonds is 3. The molecule has 2 saturated heterocycles. The van der Waals surface area contributed by atoms with Gasteiger partial charge in [-0.05, 0) is 47.1 Å². The van der Waals surface area contributed by atoms with Crippen LogP contribution >= 0.6 is 28.1 Å². The molecule has 0 aromatic carbocycles. The molecule has 1 N–H and O–H groups in total. The number of amides is 1. The molecule has 0 unspecified atom stereocenters. The van der Waals surface area contributed by atoms with Crippen LogP contribution in [0.5, 0.6) is 0 Å². The molecule has 6 nitrogen and oxygen atoms in total. The van der Waals surface area contributed by atoms with Gasteiger partial charge < -0.3 is 10.1 Å². The standard InChI is InChI=1S/C13H15BrN4O2S/c1-17-11(9(14)6-15-17)5-10-12(19)18(13(21)16-10)7-8-3-2-4-20-8/h5-6,8H,2-4,7H2,1H3,(H,16,21)/b10-5-/t8-/m0/s1. The Balaban J connectivity index is 1.79. The lowest BCUT2D eigenvalue weighted by molar-refractivity contribution is -0.123. The molecule has 2 aliphatic rings. The van der Waals surface area contributed by atoms with E-state index < -0.39 is 0 Å². The second kappa shape index (κ2) is 5.86. The highest BCUT2D eigenvalue weighted by molar-refractivity contribution is 9.10. The molecule has 0 bridgehead atoms. The highest BCUT2D eigenvalue weighted by atomic mass is 79.9. The molecule has 3 heterocycles. The maximum atomic E-state index is 12.5. The van der Waals surface area contributed by atoms with Gasteiger partial charge in [-0.15, -0.1) is 0 Å². The third kappa shape index (κ3) is 2.88. The molecular weight excluding hydrogens is 356 g/mol. The van der Waals surface area contributed by atoms with Crippen LogP contribution < -0.4 is 5.32 Å². The van der Waals surface area contributed by atoms with E-state index in [0.29, 0.717) is 17.4 Å². The molecule has 0 aliphatic carbocycles. The molecule has 1 aromatic heterocycles. The second-order valence-electron chi connectivity index (χ2n) is 5.04. The SMILES string of the molecule is Cn1ncc(Br)c1/C=C1\NC(=S)N(C[C@@H]2CCCO2)C1=O. The van der Waals surface area contributed by atoms with Crippen LogP contribution in [0.2, 0.25) is 0 Å². The quantitative estimate of drug-likeness (QED) is 0.643. The molecule has 2 fully saturated rings. The van der Waals surface area contributed by atoms with E-state index in [4.69, 9.17) is 17.0 Å². The van der Waals surface area contributed by atoms with Gasteiger partial charge in [-0.1, -0.05) is 0 Å². The molecule has 1 aromatic rings. The molecule has 0 radical (unpaired) electrons. The van der Waals surface area contributed by atoms with Crippen LogP contribution in [0, 0.1) is 0 Å². The normalized spacial score (nSPS) is 24.2. The van der Waals surface area contributed by atoms with Gasteiger partial charge in [0.15, 0.2) is 5.11 Å². The minimum atomic E-state index is -0.122. The summed E-state index contributed by atoms with van der Waals surface area (Å²) in [6, 6.07) is 0. The fourth-order valence-corrected chi connectivity index (χ4v) is 3.18. The average molecular weight is 371 g/mol. The molecule has 1 atom stereocenters. The van der Waals surface area contributed by atoms with E-state index in [9.17, 15) is 4.79 Å². The molecular formula is C13H15BrN4O2S. The number of nitrogens with one attached hydrogen (secondary N) is 1. The van der Waals surface area contributed by atoms with Gasteiger partial charge in [0.1, 0.15) is 5.70 Å². The Labute approximate surface area is 136 Å². The number of ether oxygens (including phenoxy) is 1. The summed E-state index contributed by atoms with van der Waals surface area (Å²) >= 11 is 8.67. The largest absolute Gasteiger partial charge is 0.376 e. The van der Waals surface area contributed by atoms with Gasteiger partial charge in [0.2, 0.25) is 0 Å². The van der Waals surface area contributed by atoms with Crippen molar-refractivity contribution in [1.29, 1.82) is 0 Å². The van der Waals surface area contributed by atoms with E-state index in [0.717, 1.165) is 29.6 Å². The predicted molar refractivity (Wildman–Crippen MR) is 85.3 cm³/mol. The van der Waals surface area contributed by atoms with E-state index in [1.807, 2.05) is 7.05 Å². The van der Waals surface area contributed by atoms with Gasteiger partial charge in [-0.3, -0.25) is 14.4 Å². The first kappa shape index (κ1) is 14.7. The van der Waals surface area contributed by atoms with E-state index in [2.05, 4.69) is 26.3 Å². The third-order valence-electron chi connectivity index (χ3n) is 3.59.